The number of carbonyl (C=O) groups excluding carboxylic acids is 1. The van der Waals surface area contributed by atoms with Crippen LogP contribution in [0.25, 0.3) is 0 Å². The van der Waals surface area contributed by atoms with E-state index in [-0.39, 0.29) is 11.9 Å². The predicted molar refractivity (Wildman–Crippen MR) is 134 cm³/mol. The van der Waals surface area contributed by atoms with E-state index in [1.807, 2.05) is 18.2 Å². The fourth-order valence-electron chi connectivity index (χ4n) is 3.84. The summed E-state index contributed by atoms with van der Waals surface area (Å²) in [6.07, 6.45) is 0.909. The van der Waals surface area contributed by atoms with Gasteiger partial charge in [-0.1, -0.05) is 55.8 Å². The molecule has 0 spiro atoms. The highest BCUT2D eigenvalue weighted by atomic mass is 35.5. The summed E-state index contributed by atoms with van der Waals surface area (Å²) >= 11 is 6.50. The molecule has 1 amide bonds. The van der Waals surface area contributed by atoms with Gasteiger partial charge in [0.1, 0.15) is 0 Å². The van der Waals surface area contributed by atoms with Crippen LogP contribution in [-0.4, -0.2) is 69.2 Å². The molecule has 1 unspecified atom stereocenters. The minimum atomic E-state index is -0.188. The average molecular weight is 474 g/mol. The molecule has 1 fully saturated rings. The number of likely N-dealkylation sites (N-methyl/N-ethyl adjacent to an activating group) is 1. The first-order valence-corrected chi connectivity index (χ1v) is 12.0. The molecular weight excluding hydrogens is 438 g/mol. The summed E-state index contributed by atoms with van der Waals surface area (Å²) in [5.41, 5.74) is 1.53. The van der Waals surface area contributed by atoms with E-state index in [0.29, 0.717) is 34.6 Å². The molecule has 0 bridgehead atoms. The van der Waals surface area contributed by atoms with Crippen molar-refractivity contribution in [2.45, 2.75) is 26.3 Å². The summed E-state index contributed by atoms with van der Waals surface area (Å²) in [4.78, 5) is 18.0. The summed E-state index contributed by atoms with van der Waals surface area (Å²) in [5.74, 6) is 1.28. The minimum Gasteiger partial charge on any atom is -0.493 e. The summed E-state index contributed by atoms with van der Waals surface area (Å²) in [5, 5.41) is 3.59. The molecule has 1 aliphatic heterocycles. The zero-order chi connectivity index (χ0) is 23.8. The fraction of sp³-hybridized carbons (Fsp3) is 0.500. The SMILES string of the molecule is COc1cc(C(=O)NC(CN2CCN(C)CC2)c2ccccc2)cc(Cl)c1OCCC(C)C. The van der Waals surface area contributed by atoms with Gasteiger partial charge in [0.25, 0.3) is 5.91 Å². The lowest BCUT2D eigenvalue weighted by molar-refractivity contribution is 0.0907. The number of piperazine rings is 1. The number of rotatable bonds is 10. The van der Waals surface area contributed by atoms with Crippen LogP contribution < -0.4 is 14.8 Å². The van der Waals surface area contributed by atoms with Crippen molar-refractivity contribution in [3.63, 3.8) is 0 Å². The first-order valence-electron chi connectivity index (χ1n) is 11.6. The number of methoxy groups -OCH3 is 1. The number of nitrogens with one attached hydrogen (secondary N) is 1. The molecule has 1 saturated heterocycles. The molecule has 7 heteroatoms. The van der Waals surface area contributed by atoms with Crippen molar-refractivity contribution in [2.75, 3.05) is 53.5 Å². The van der Waals surface area contributed by atoms with Crippen LogP contribution in [0.15, 0.2) is 42.5 Å². The van der Waals surface area contributed by atoms with Crippen molar-refractivity contribution in [1.29, 1.82) is 0 Å². The summed E-state index contributed by atoms with van der Waals surface area (Å²) in [7, 11) is 3.70. The van der Waals surface area contributed by atoms with Gasteiger partial charge < -0.3 is 19.7 Å². The first kappa shape index (κ1) is 25.3. The fourth-order valence-corrected chi connectivity index (χ4v) is 4.10. The Balaban J connectivity index is 1.76. The molecule has 1 heterocycles. The summed E-state index contributed by atoms with van der Waals surface area (Å²) < 4.78 is 11.4. The summed E-state index contributed by atoms with van der Waals surface area (Å²) in [6.45, 7) is 9.60. The van der Waals surface area contributed by atoms with Crippen LogP contribution in [0, 0.1) is 5.92 Å². The van der Waals surface area contributed by atoms with Gasteiger partial charge in [0, 0.05) is 38.3 Å². The first-order chi connectivity index (χ1) is 15.9. The van der Waals surface area contributed by atoms with E-state index >= 15 is 0 Å². The number of amides is 1. The van der Waals surface area contributed by atoms with Crippen LogP contribution in [0.1, 0.15) is 42.2 Å². The van der Waals surface area contributed by atoms with E-state index < -0.39 is 0 Å². The van der Waals surface area contributed by atoms with Crippen LogP contribution in [0.2, 0.25) is 5.02 Å². The van der Waals surface area contributed by atoms with Crippen molar-refractivity contribution in [1.82, 2.24) is 15.1 Å². The van der Waals surface area contributed by atoms with Gasteiger partial charge in [0.2, 0.25) is 0 Å². The van der Waals surface area contributed by atoms with E-state index in [4.69, 9.17) is 21.1 Å². The lowest BCUT2D eigenvalue weighted by Gasteiger charge is -2.35. The van der Waals surface area contributed by atoms with Gasteiger partial charge in [-0.2, -0.15) is 0 Å². The van der Waals surface area contributed by atoms with Crippen molar-refractivity contribution in [3.05, 3.63) is 58.6 Å². The highest BCUT2D eigenvalue weighted by Crippen LogP contribution is 2.37. The Bertz CT molecular complexity index is 899. The maximum Gasteiger partial charge on any atom is 0.252 e. The minimum absolute atomic E-state index is 0.131. The molecule has 0 aromatic heterocycles. The molecule has 3 rings (SSSR count). The average Bonchev–Trinajstić information content (AvgIpc) is 2.81. The molecule has 2 aromatic rings. The maximum absolute atomic E-state index is 13.3. The second-order valence-electron chi connectivity index (χ2n) is 9.06. The van der Waals surface area contributed by atoms with E-state index in [9.17, 15) is 4.79 Å². The smallest absolute Gasteiger partial charge is 0.252 e. The van der Waals surface area contributed by atoms with Crippen LogP contribution in [-0.2, 0) is 0 Å². The van der Waals surface area contributed by atoms with Gasteiger partial charge >= 0.3 is 0 Å². The molecule has 0 radical (unpaired) electrons. The number of hydrogen-bond acceptors (Lipinski definition) is 5. The molecule has 0 aliphatic carbocycles. The standard InChI is InChI=1S/C26H36ClN3O3/c1-19(2)10-15-33-25-22(27)16-21(17-24(25)32-4)26(31)28-23(20-8-6-5-7-9-20)18-30-13-11-29(3)12-14-30/h5-9,16-17,19,23H,10-15,18H2,1-4H3,(H,28,31). The molecule has 180 valence electrons. The quantitative estimate of drug-likeness (QED) is 0.551. The van der Waals surface area contributed by atoms with Crippen molar-refractivity contribution in [2.24, 2.45) is 5.92 Å². The Kier molecular flexibility index (Phi) is 9.41. The highest BCUT2D eigenvalue weighted by Gasteiger charge is 2.23. The van der Waals surface area contributed by atoms with Gasteiger partial charge in [0.05, 0.1) is 24.8 Å². The monoisotopic (exact) mass is 473 g/mol. The zero-order valence-electron chi connectivity index (χ0n) is 20.1. The number of ether oxygens (including phenoxy) is 2. The van der Waals surface area contributed by atoms with E-state index in [0.717, 1.165) is 44.7 Å². The van der Waals surface area contributed by atoms with Crippen LogP contribution >= 0.6 is 11.6 Å². The Morgan fingerprint density at radius 2 is 1.82 bits per heavy atom. The number of nitrogens with zero attached hydrogens (tertiary/aromatic N) is 2. The van der Waals surface area contributed by atoms with E-state index in [1.54, 1.807) is 19.2 Å². The Morgan fingerprint density at radius 1 is 1.12 bits per heavy atom. The van der Waals surface area contributed by atoms with Crippen LogP contribution in [0.3, 0.4) is 0 Å². The third-order valence-corrected chi connectivity index (χ3v) is 6.26. The lowest BCUT2D eigenvalue weighted by Crippen LogP contribution is -2.47. The predicted octanol–water partition coefficient (Wildman–Crippen LogP) is 4.49. The van der Waals surface area contributed by atoms with Gasteiger partial charge in [0.15, 0.2) is 11.5 Å². The van der Waals surface area contributed by atoms with Gasteiger partial charge in [-0.3, -0.25) is 9.69 Å². The molecule has 1 N–H and O–H groups in total. The molecule has 2 aromatic carbocycles. The molecule has 33 heavy (non-hydrogen) atoms. The van der Waals surface area contributed by atoms with Gasteiger partial charge in [-0.15, -0.1) is 0 Å². The van der Waals surface area contributed by atoms with E-state index in [2.05, 4.69) is 48.1 Å². The van der Waals surface area contributed by atoms with Crippen LogP contribution in [0.4, 0.5) is 0 Å². The Labute approximate surface area is 202 Å². The van der Waals surface area contributed by atoms with Gasteiger partial charge in [-0.05, 0) is 37.1 Å². The van der Waals surface area contributed by atoms with Crippen LogP contribution in [0.5, 0.6) is 11.5 Å². The zero-order valence-corrected chi connectivity index (χ0v) is 20.9. The molecule has 6 nitrogen and oxygen atoms in total. The normalized spacial score (nSPS) is 15.9. The topological polar surface area (TPSA) is 54.0 Å². The molecule has 1 aliphatic rings. The number of hydrogen-bond donors (Lipinski definition) is 1. The molecule has 1 atom stereocenters. The van der Waals surface area contributed by atoms with Crippen molar-refractivity contribution >= 4 is 17.5 Å². The second-order valence-corrected chi connectivity index (χ2v) is 9.47. The summed E-state index contributed by atoms with van der Waals surface area (Å²) in [6, 6.07) is 13.3. The second kappa shape index (κ2) is 12.3. The molecule has 0 saturated carbocycles. The molecular formula is C26H36ClN3O3. The highest BCUT2D eigenvalue weighted by molar-refractivity contribution is 6.32. The van der Waals surface area contributed by atoms with Crippen molar-refractivity contribution in [3.8, 4) is 11.5 Å². The third kappa shape index (κ3) is 7.36. The Morgan fingerprint density at radius 3 is 2.45 bits per heavy atom. The number of carbonyl (C=O) groups is 1. The number of benzene rings is 2. The number of halogens is 1. The third-order valence-electron chi connectivity index (χ3n) is 5.98. The van der Waals surface area contributed by atoms with Crippen molar-refractivity contribution < 1.29 is 14.3 Å². The Hall–Kier alpha value is -2.28. The van der Waals surface area contributed by atoms with E-state index in [1.165, 1.54) is 0 Å². The lowest BCUT2D eigenvalue weighted by atomic mass is 10.0. The maximum atomic E-state index is 13.3. The van der Waals surface area contributed by atoms with Gasteiger partial charge in [-0.25, -0.2) is 0 Å². The largest absolute Gasteiger partial charge is 0.493 e.